The van der Waals surface area contributed by atoms with E-state index in [1.54, 1.807) is 0 Å². The monoisotopic (exact) mass is 300 g/mol. The molecular formula is C17H17ClN2O. The van der Waals surface area contributed by atoms with Crippen molar-refractivity contribution in [2.45, 2.75) is 19.5 Å². The van der Waals surface area contributed by atoms with Crippen LogP contribution in [0.4, 0.5) is 0 Å². The Morgan fingerprint density at radius 3 is 2.67 bits per heavy atom. The summed E-state index contributed by atoms with van der Waals surface area (Å²) in [5, 5.41) is 6.97. The van der Waals surface area contributed by atoms with Gasteiger partial charge in [-0.25, -0.2) is 0 Å². The van der Waals surface area contributed by atoms with Crippen molar-refractivity contribution >= 4 is 17.5 Å². The number of carbonyl (C=O) groups is 1. The standard InChI is InChI=1S/C17H17ClN2O/c18-16-5-1-12(2-6-16)7-8-20-17(21)13-3-4-14-10-19-11-15(14)9-13/h1-6,9,19H,7-8,10-11H2,(H,20,21). The van der Waals surface area contributed by atoms with E-state index in [9.17, 15) is 4.79 Å². The summed E-state index contributed by atoms with van der Waals surface area (Å²) in [5.74, 6) is -0.0151. The van der Waals surface area contributed by atoms with Gasteiger partial charge in [0.15, 0.2) is 0 Å². The third kappa shape index (κ3) is 3.43. The number of benzene rings is 2. The fraction of sp³-hybridized carbons (Fsp3) is 0.235. The summed E-state index contributed by atoms with van der Waals surface area (Å²) in [6.07, 6.45) is 0.801. The van der Waals surface area contributed by atoms with E-state index in [1.807, 2.05) is 42.5 Å². The van der Waals surface area contributed by atoms with Crippen molar-refractivity contribution < 1.29 is 4.79 Å². The Morgan fingerprint density at radius 1 is 1.10 bits per heavy atom. The van der Waals surface area contributed by atoms with Crippen molar-refractivity contribution in [2.24, 2.45) is 0 Å². The van der Waals surface area contributed by atoms with Gasteiger partial charge in [0, 0.05) is 30.2 Å². The molecule has 2 N–H and O–H groups in total. The summed E-state index contributed by atoms with van der Waals surface area (Å²) in [5.41, 5.74) is 4.40. The SMILES string of the molecule is O=C(NCCc1ccc(Cl)cc1)c1ccc2c(c1)CNC2. The molecule has 0 bridgehead atoms. The molecule has 1 aliphatic rings. The first kappa shape index (κ1) is 14.1. The third-order valence-electron chi connectivity index (χ3n) is 3.71. The third-order valence-corrected chi connectivity index (χ3v) is 3.96. The lowest BCUT2D eigenvalue weighted by Crippen LogP contribution is -2.25. The predicted molar refractivity (Wildman–Crippen MR) is 84.5 cm³/mol. The van der Waals surface area contributed by atoms with Crippen LogP contribution in [0.5, 0.6) is 0 Å². The molecular weight excluding hydrogens is 284 g/mol. The molecule has 0 saturated heterocycles. The van der Waals surface area contributed by atoms with Crippen LogP contribution in [0.2, 0.25) is 5.02 Å². The van der Waals surface area contributed by atoms with Crippen LogP contribution in [0.25, 0.3) is 0 Å². The second-order valence-corrected chi connectivity index (χ2v) is 5.66. The molecule has 0 saturated carbocycles. The summed E-state index contributed by atoms with van der Waals surface area (Å²) in [7, 11) is 0. The van der Waals surface area contributed by atoms with Crippen molar-refractivity contribution in [3.05, 3.63) is 69.7 Å². The van der Waals surface area contributed by atoms with E-state index < -0.39 is 0 Å². The molecule has 1 amide bonds. The van der Waals surface area contributed by atoms with Gasteiger partial charge in [-0.15, -0.1) is 0 Å². The van der Waals surface area contributed by atoms with Crippen LogP contribution in [0, 0.1) is 0 Å². The van der Waals surface area contributed by atoms with Gasteiger partial charge in [0.2, 0.25) is 0 Å². The molecule has 0 atom stereocenters. The van der Waals surface area contributed by atoms with E-state index in [0.717, 1.165) is 35.7 Å². The molecule has 2 aromatic rings. The molecule has 0 radical (unpaired) electrons. The summed E-state index contributed by atoms with van der Waals surface area (Å²) in [6.45, 7) is 2.37. The molecule has 108 valence electrons. The molecule has 0 fully saturated rings. The number of carbonyl (C=O) groups excluding carboxylic acids is 1. The Morgan fingerprint density at radius 2 is 1.86 bits per heavy atom. The van der Waals surface area contributed by atoms with Crippen LogP contribution < -0.4 is 10.6 Å². The highest BCUT2D eigenvalue weighted by atomic mass is 35.5. The number of rotatable bonds is 4. The zero-order chi connectivity index (χ0) is 14.7. The quantitative estimate of drug-likeness (QED) is 0.911. The summed E-state index contributed by atoms with van der Waals surface area (Å²) >= 11 is 5.85. The maximum Gasteiger partial charge on any atom is 0.251 e. The van der Waals surface area contributed by atoms with Crippen molar-refractivity contribution in [1.29, 1.82) is 0 Å². The van der Waals surface area contributed by atoms with Crippen LogP contribution >= 0.6 is 11.6 Å². The van der Waals surface area contributed by atoms with Gasteiger partial charge < -0.3 is 10.6 Å². The predicted octanol–water partition coefficient (Wildman–Crippen LogP) is 2.92. The van der Waals surface area contributed by atoms with Gasteiger partial charge in [-0.1, -0.05) is 29.8 Å². The Balaban J connectivity index is 1.55. The molecule has 3 rings (SSSR count). The number of amides is 1. The van der Waals surface area contributed by atoms with Gasteiger partial charge in [-0.05, 0) is 47.4 Å². The highest BCUT2D eigenvalue weighted by Gasteiger charge is 2.13. The summed E-state index contributed by atoms with van der Waals surface area (Å²) in [4.78, 5) is 12.1. The molecule has 0 unspecified atom stereocenters. The number of halogens is 1. The Labute approximate surface area is 129 Å². The van der Waals surface area contributed by atoms with Crippen LogP contribution in [-0.2, 0) is 19.5 Å². The van der Waals surface area contributed by atoms with Gasteiger partial charge in [0.1, 0.15) is 0 Å². The summed E-state index contributed by atoms with van der Waals surface area (Å²) in [6, 6.07) is 13.6. The van der Waals surface area contributed by atoms with E-state index in [1.165, 1.54) is 11.1 Å². The fourth-order valence-electron chi connectivity index (χ4n) is 2.51. The van der Waals surface area contributed by atoms with Gasteiger partial charge in [0.05, 0.1) is 0 Å². The summed E-state index contributed by atoms with van der Waals surface area (Å²) < 4.78 is 0. The number of hydrogen-bond donors (Lipinski definition) is 2. The van der Waals surface area contributed by atoms with E-state index in [0.29, 0.717) is 6.54 Å². The molecule has 1 heterocycles. The molecule has 2 aromatic carbocycles. The lowest BCUT2D eigenvalue weighted by atomic mass is 10.1. The van der Waals surface area contributed by atoms with Crippen LogP contribution in [-0.4, -0.2) is 12.5 Å². The second kappa shape index (κ2) is 6.29. The molecule has 1 aliphatic heterocycles. The normalized spacial score (nSPS) is 13.0. The minimum absolute atomic E-state index is 0.0151. The first-order valence-electron chi connectivity index (χ1n) is 7.07. The molecule has 4 heteroatoms. The average molecular weight is 301 g/mol. The van der Waals surface area contributed by atoms with Gasteiger partial charge in [-0.2, -0.15) is 0 Å². The fourth-order valence-corrected chi connectivity index (χ4v) is 2.64. The molecule has 3 nitrogen and oxygen atoms in total. The van der Waals surface area contributed by atoms with E-state index in [-0.39, 0.29) is 5.91 Å². The van der Waals surface area contributed by atoms with Crippen LogP contribution in [0.1, 0.15) is 27.0 Å². The van der Waals surface area contributed by atoms with Gasteiger partial charge in [-0.3, -0.25) is 4.79 Å². The highest BCUT2D eigenvalue weighted by Crippen LogP contribution is 2.17. The zero-order valence-electron chi connectivity index (χ0n) is 11.7. The van der Waals surface area contributed by atoms with Crippen LogP contribution in [0.3, 0.4) is 0 Å². The molecule has 0 spiro atoms. The van der Waals surface area contributed by atoms with E-state index >= 15 is 0 Å². The van der Waals surface area contributed by atoms with E-state index in [2.05, 4.69) is 10.6 Å². The van der Waals surface area contributed by atoms with Crippen molar-refractivity contribution in [1.82, 2.24) is 10.6 Å². The zero-order valence-corrected chi connectivity index (χ0v) is 12.4. The topological polar surface area (TPSA) is 41.1 Å². The number of fused-ring (bicyclic) bond motifs is 1. The highest BCUT2D eigenvalue weighted by molar-refractivity contribution is 6.30. The minimum Gasteiger partial charge on any atom is -0.352 e. The Hall–Kier alpha value is -1.84. The number of hydrogen-bond acceptors (Lipinski definition) is 2. The van der Waals surface area contributed by atoms with E-state index in [4.69, 9.17) is 11.6 Å². The largest absolute Gasteiger partial charge is 0.352 e. The van der Waals surface area contributed by atoms with Gasteiger partial charge >= 0.3 is 0 Å². The lowest BCUT2D eigenvalue weighted by Gasteiger charge is -2.07. The Kier molecular flexibility index (Phi) is 4.23. The lowest BCUT2D eigenvalue weighted by molar-refractivity contribution is 0.0954. The second-order valence-electron chi connectivity index (χ2n) is 5.22. The average Bonchev–Trinajstić information content (AvgIpc) is 2.96. The van der Waals surface area contributed by atoms with Crippen molar-refractivity contribution in [3.63, 3.8) is 0 Å². The maximum atomic E-state index is 12.1. The molecule has 0 aliphatic carbocycles. The maximum absolute atomic E-state index is 12.1. The molecule has 21 heavy (non-hydrogen) atoms. The first-order valence-corrected chi connectivity index (χ1v) is 7.45. The van der Waals surface area contributed by atoms with Gasteiger partial charge in [0.25, 0.3) is 5.91 Å². The first-order chi connectivity index (χ1) is 10.2. The van der Waals surface area contributed by atoms with Crippen molar-refractivity contribution in [2.75, 3.05) is 6.54 Å². The molecule has 0 aromatic heterocycles. The number of nitrogens with one attached hydrogen (secondary N) is 2. The van der Waals surface area contributed by atoms with Crippen LogP contribution in [0.15, 0.2) is 42.5 Å². The Bertz CT molecular complexity index is 652. The van der Waals surface area contributed by atoms with Crippen molar-refractivity contribution in [3.8, 4) is 0 Å². The minimum atomic E-state index is -0.0151. The smallest absolute Gasteiger partial charge is 0.251 e.